The quantitative estimate of drug-likeness (QED) is 0.691. The lowest BCUT2D eigenvalue weighted by Gasteiger charge is -2.08. The monoisotopic (exact) mass is 371 g/mol. The normalized spacial score (nSPS) is 10.4. The van der Waals surface area contributed by atoms with Crippen LogP contribution in [0.4, 0.5) is 5.69 Å². The van der Waals surface area contributed by atoms with Gasteiger partial charge in [0.15, 0.2) is 0 Å². The number of hydrogen-bond donors (Lipinski definition) is 1. The van der Waals surface area contributed by atoms with Crippen molar-refractivity contribution in [1.29, 1.82) is 0 Å². The second-order valence-corrected chi connectivity index (χ2v) is 5.68. The highest BCUT2D eigenvalue weighted by Gasteiger charge is 2.15. The number of carbonyl (C=O) groups is 2. The molecule has 0 radical (unpaired) electrons. The molecular weight excluding hydrogens is 358 g/mol. The molecule has 0 bridgehead atoms. The highest BCUT2D eigenvalue weighted by atomic mass is 35.5. The van der Waals surface area contributed by atoms with Crippen LogP contribution in [0.2, 0.25) is 5.02 Å². The van der Waals surface area contributed by atoms with Gasteiger partial charge in [0.25, 0.3) is 0 Å². The fraction of sp³-hybridized carbons (Fsp3) is 0.118. The Balaban J connectivity index is 1.71. The number of hydrogen-bond acceptors (Lipinski definition) is 6. The molecular formula is C17H14ClN5O3. The first kappa shape index (κ1) is 17.6. The summed E-state index contributed by atoms with van der Waals surface area (Å²) in [6, 6.07) is 13.6. The SMILES string of the molecule is COC(=O)c1ccccc1NC(=O)Cn1nnc(-c2cccc(Cl)c2)n1. The van der Waals surface area contributed by atoms with Gasteiger partial charge in [-0.25, -0.2) is 4.79 Å². The molecule has 0 aliphatic carbocycles. The molecule has 3 aromatic rings. The number of aromatic nitrogens is 4. The van der Waals surface area contributed by atoms with Crippen LogP contribution in [-0.4, -0.2) is 39.2 Å². The van der Waals surface area contributed by atoms with Crippen LogP contribution in [0.15, 0.2) is 48.5 Å². The van der Waals surface area contributed by atoms with Gasteiger partial charge >= 0.3 is 5.97 Å². The third-order valence-corrected chi connectivity index (χ3v) is 3.66. The van der Waals surface area contributed by atoms with Gasteiger partial charge in [0.1, 0.15) is 6.54 Å². The van der Waals surface area contributed by atoms with Gasteiger partial charge in [-0.1, -0.05) is 35.9 Å². The Morgan fingerprint density at radius 1 is 1.19 bits per heavy atom. The molecule has 0 unspecified atom stereocenters. The largest absolute Gasteiger partial charge is 0.465 e. The highest BCUT2D eigenvalue weighted by Crippen LogP contribution is 2.19. The fourth-order valence-corrected chi connectivity index (χ4v) is 2.44. The fourth-order valence-electron chi connectivity index (χ4n) is 2.25. The van der Waals surface area contributed by atoms with Crippen LogP contribution in [0.25, 0.3) is 11.4 Å². The summed E-state index contributed by atoms with van der Waals surface area (Å²) >= 11 is 5.94. The summed E-state index contributed by atoms with van der Waals surface area (Å²) in [6.07, 6.45) is 0. The number of esters is 1. The number of halogens is 1. The lowest BCUT2D eigenvalue weighted by molar-refractivity contribution is -0.117. The molecule has 3 rings (SSSR count). The maximum Gasteiger partial charge on any atom is 0.339 e. The van der Waals surface area contributed by atoms with E-state index in [-0.39, 0.29) is 12.1 Å². The van der Waals surface area contributed by atoms with Crippen molar-refractivity contribution in [2.24, 2.45) is 0 Å². The molecule has 0 atom stereocenters. The minimum Gasteiger partial charge on any atom is -0.465 e. The van der Waals surface area contributed by atoms with Gasteiger partial charge in [-0.15, -0.1) is 10.2 Å². The highest BCUT2D eigenvalue weighted by molar-refractivity contribution is 6.30. The number of amides is 1. The van der Waals surface area contributed by atoms with E-state index in [1.165, 1.54) is 7.11 Å². The minimum absolute atomic E-state index is 0.164. The van der Waals surface area contributed by atoms with Gasteiger partial charge in [0.2, 0.25) is 11.7 Å². The first-order valence-electron chi connectivity index (χ1n) is 7.58. The lowest BCUT2D eigenvalue weighted by atomic mass is 10.2. The molecule has 1 aromatic heterocycles. The third-order valence-electron chi connectivity index (χ3n) is 3.43. The number of benzene rings is 2. The van der Waals surface area contributed by atoms with Crippen LogP contribution >= 0.6 is 11.6 Å². The van der Waals surface area contributed by atoms with Gasteiger partial charge in [-0.05, 0) is 29.5 Å². The standard InChI is InChI=1S/C17H14ClN5O3/c1-26-17(25)13-7-2-3-8-14(13)19-15(24)10-23-21-16(20-22-23)11-5-4-6-12(18)9-11/h2-9H,10H2,1H3,(H,19,24). The summed E-state index contributed by atoms with van der Waals surface area (Å²) in [6.45, 7) is -0.164. The Hall–Kier alpha value is -3.26. The van der Waals surface area contributed by atoms with Crippen LogP contribution < -0.4 is 5.32 Å². The second-order valence-electron chi connectivity index (χ2n) is 5.24. The number of carbonyl (C=O) groups excluding carboxylic acids is 2. The molecule has 0 fully saturated rings. The summed E-state index contributed by atoms with van der Waals surface area (Å²) in [7, 11) is 1.28. The first-order chi connectivity index (χ1) is 12.6. The van der Waals surface area contributed by atoms with E-state index in [1.807, 2.05) is 0 Å². The van der Waals surface area contributed by atoms with Crippen molar-refractivity contribution in [2.45, 2.75) is 6.54 Å². The maximum absolute atomic E-state index is 12.2. The van der Waals surface area contributed by atoms with Crippen molar-refractivity contribution < 1.29 is 14.3 Å². The van der Waals surface area contributed by atoms with Crippen LogP contribution in [0.1, 0.15) is 10.4 Å². The molecule has 1 heterocycles. The van der Waals surface area contributed by atoms with E-state index in [0.29, 0.717) is 22.1 Å². The van der Waals surface area contributed by atoms with Crippen molar-refractivity contribution >= 4 is 29.2 Å². The van der Waals surface area contributed by atoms with E-state index in [4.69, 9.17) is 16.3 Å². The molecule has 8 nitrogen and oxygen atoms in total. The second kappa shape index (κ2) is 7.75. The summed E-state index contributed by atoms with van der Waals surface area (Å²) in [5.74, 6) is -0.588. The Bertz CT molecular complexity index is 957. The number of ether oxygens (including phenoxy) is 1. The Morgan fingerprint density at radius 2 is 2.00 bits per heavy atom. The van der Waals surface area contributed by atoms with E-state index in [1.54, 1.807) is 48.5 Å². The van der Waals surface area contributed by atoms with Crippen molar-refractivity contribution in [3.63, 3.8) is 0 Å². The molecule has 0 aliphatic rings. The van der Waals surface area contributed by atoms with E-state index in [9.17, 15) is 9.59 Å². The topological polar surface area (TPSA) is 99.0 Å². The van der Waals surface area contributed by atoms with Gasteiger partial charge in [0, 0.05) is 10.6 Å². The van der Waals surface area contributed by atoms with E-state index >= 15 is 0 Å². The molecule has 0 spiro atoms. The smallest absolute Gasteiger partial charge is 0.339 e. The van der Waals surface area contributed by atoms with Crippen LogP contribution in [0, 0.1) is 0 Å². The Labute approximate surface area is 153 Å². The van der Waals surface area contributed by atoms with Crippen LogP contribution in [0.5, 0.6) is 0 Å². The average molecular weight is 372 g/mol. The van der Waals surface area contributed by atoms with Crippen molar-refractivity contribution in [1.82, 2.24) is 20.2 Å². The summed E-state index contributed by atoms with van der Waals surface area (Å²) in [4.78, 5) is 25.1. The lowest BCUT2D eigenvalue weighted by Crippen LogP contribution is -2.22. The van der Waals surface area contributed by atoms with E-state index in [2.05, 4.69) is 20.7 Å². The average Bonchev–Trinajstić information content (AvgIpc) is 3.10. The molecule has 9 heteroatoms. The Kier molecular flexibility index (Phi) is 5.23. The van der Waals surface area contributed by atoms with Crippen LogP contribution in [-0.2, 0) is 16.1 Å². The Morgan fingerprint density at radius 3 is 2.77 bits per heavy atom. The molecule has 132 valence electrons. The molecule has 1 N–H and O–H groups in total. The summed E-state index contributed by atoms with van der Waals surface area (Å²) in [5.41, 5.74) is 1.30. The summed E-state index contributed by atoms with van der Waals surface area (Å²) < 4.78 is 4.70. The zero-order valence-electron chi connectivity index (χ0n) is 13.7. The minimum atomic E-state index is -0.539. The number of methoxy groups -OCH3 is 1. The van der Waals surface area contributed by atoms with Crippen molar-refractivity contribution in [2.75, 3.05) is 12.4 Å². The van der Waals surface area contributed by atoms with Gasteiger partial charge < -0.3 is 10.1 Å². The maximum atomic E-state index is 12.2. The zero-order valence-corrected chi connectivity index (χ0v) is 14.5. The number of nitrogens with zero attached hydrogens (tertiary/aromatic N) is 4. The molecule has 0 aliphatic heterocycles. The van der Waals surface area contributed by atoms with Gasteiger partial charge in [-0.3, -0.25) is 4.79 Å². The molecule has 0 saturated heterocycles. The summed E-state index contributed by atoms with van der Waals surface area (Å²) in [5, 5.41) is 15.1. The number of para-hydroxylation sites is 1. The van der Waals surface area contributed by atoms with Crippen molar-refractivity contribution in [3.05, 3.63) is 59.1 Å². The third kappa shape index (κ3) is 4.04. The predicted molar refractivity (Wildman–Crippen MR) is 94.7 cm³/mol. The molecule has 1 amide bonds. The van der Waals surface area contributed by atoms with Crippen LogP contribution in [0.3, 0.4) is 0 Å². The number of anilines is 1. The molecule has 0 saturated carbocycles. The molecule has 2 aromatic carbocycles. The van der Waals surface area contributed by atoms with Crippen molar-refractivity contribution in [3.8, 4) is 11.4 Å². The number of rotatable bonds is 5. The number of nitrogens with one attached hydrogen (secondary N) is 1. The number of tetrazole rings is 1. The van der Waals surface area contributed by atoms with E-state index < -0.39 is 11.9 Å². The first-order valence-corrected chi connectivity index (χ1v) is 7.95. The van der Waals surface area contributed by atoms with Gasteiger partial charge in [-0.2, -0.15) is 4.80 Å². The van der Waals surface area contributed by atoms with E-state index in [0.717, 1.165) is 4.80 Å². The zero-order chi connectivity index (χ0) is 18.5. The molecule has 26 heavy (non-hydrogen) atoms. The predicted octanol–water partition coefficient (Wildman–Crippen LogP) is 2.42. The van der Waals surface area contributed by atoms with Gasteiger partial charge in [0.05, 0.1) is 18.4 Å².